The first-order valence-corrected chi connectivity index (χ1v) is 10.6. The van der Waals surface area contributed by atoms with Crippen LogP contribution in [0.15, 0.2) is 47.6 Å². The summed E-state index contributed by atoms with van der Waals surface area (Å²) in [6.07, 6.45) is 11.7. The highest BCUT2D eigenvalue weighted by Gasteiger charge is 2.16. The molecule has 1 saturated heterocycles. The molecule has 31 heavy (non-hydrogen) atoms. The second-order valence-corrected chi connectivity index (χ2v) is 7.70. The summed E-state index contributed by atoms with van der Waals surface area (Å²) >= 11 is 0. The van der Waals surface area contributed by atoms with E-state index in [-0.39, 0.29) is 5.91 Å². The van der Waals surface area contributed by atoms with Gasteiger partial charge in [-0.25, -0.2) is 9.97 Å². The van der Waals surface area contributed by atoms with E-state index in [1.807, 2.05) is 27.7 Å². The molecule has 0 radical (unpaired) electrons. The van der Waals surface area contributed by atoms with Gasteiger partial charge in [-0.2, -0.15) is 4.98 Å². The van der Waals surface area contributed by atoms with Crippen LogP contribution in [-0.4, -0.2) is 53.6 Å². The van der Waals surface area contributed by atoms with Crippen molar-refractivity contribution in [2.45, 2.75) is 38.6 Å². The zero-order valence-electron chi connectivity index (χ0n) is 17.1. The minimum absolute atomic E-state index is 0.226. The summed E-state index contributed by atoms with van der Waals surface area (Å²) < 4.78 is 7.35. The fourth-order valence-corrected chi connectivity index (χ4v) is 3.93. The summed E-state index contributed by atoms with van der Waals surface area (Å²) in [6, 6.07) is 5.84. The third kappa shape index (κ3) is 4.16. The van der Waals surface area contributed by atoms with Gasteiger partial charge in [0.2, 0.25) is 11.7 Å². The van der Waals surface area contributed by atoms with Crippen LogP contribution in [0.5, 0.6) is 0 Å². The summed E-state index contributed by atoms with van der Waals surface area (Å²) in [4.78, 5) is 31.7. The summed E-state index contributed by atoms with van der Waals surface area (Å²) in [6.45, 7) is 2.38. The molecule has 0 N–H and O–H groups in total. The maximum absolute atomic E-state index is 12.6. The molecule has 0 unspecified atom stereocenters. The number of fused-ring (bicyclic) bond motifs is 1. The number of carbonyl (C=O) groups is 1. The largest absolute Gasteiger partial charge is 0.343 e. The molecule has 9 heteroatoms. The first-order chi connectivity index (χ1) is 15.3. The van der Waals surface area contributed by atoms with Gasteiger partial charge in [0.15, 0.2) is 0 Å². The van der Waals surface area contributed by atoms with Gasteiger partial charge in [0.25, 0.3) is 5.89 Å². The smallest absolute Gasteiger partial charge is 0.278 e. The van der Waals surface area contributed by atoms with Crippen LogP contribution in [0.2, 0.25) is 0 Å². The maximum Gasteiger partial charge on any atom is 0.278 e. The molecular weight excluding hydrogens is 394 g/mol. The van der Waals surface area contributed by atoms with Crippen molar-refractivity contribution in [3.63, 3.8) is 0 Å². The first kappa shape index (κ1) is 19.3. The van der Waals surface area contributed by atoms with Crippen LogP contribution in [0.25, 0.3) is 34.0 Å². The molecule has 0 bridgehead atoms. The number of amides is 1. The van der Waals surface area contributed by atoms with Gasteiger partial charge < -0.3 is 14.0 Å². The molecule has 4 heterocycles. The molecule has 5 rings (SSSR count). The van der Waals surface area contributed by atoms with Crippen molar-refractivity contribution in [2.24, 2.45) is 0 Å². The van der Waals surface area contributed by atoms with Gasteiger partial charge in [-0.3, -0.25) is 9.78 Å². The highest BCUT2D eigenvalue weighted by Crippen LogP contribution is 2.24. The van der Waals surface area contributed by atoms with Crippen LogP contribution in [0, 0.1) is 0 Å². The van der Waals surface area contributed by atoms with E-state index in [0.29, 0.717) is 30.4 Å². The maximum atomic E-state index is 12.6. The van der Waals surface area contributed by atoms with E-state index in [9.17, 15) is 4.79 Å². The summed E-state index contributed by atoms with van der Waals surface area (Å²) in [5.41, 5.74) is 3.13. The minimum atomic E-state index is 0.226. The molecule has 3 aromatic heterocycles. The number of carbonyl (C=O) groups excluding carboxylic acids is 1. The quantitative estimate of drug-likeness (QED) is 0.491. The molecule has 9 nitrogen and oxygen atoms in total. The molecule has 4 aromatic rings. The van der Waals surface area contributed by atoms with E-state index < -0.39 is 0 Å². The number of benzene rings is 1. The van der Waals surface area contributed by atoms with E-state index >= 15 is 0 Å². The number of aryl methyl sites for hydroxylation is 1. The van der Waals surface area contributed by atoms with Gasteiger partial charge in [-0.05, 0) is 31.0 Å². The second kappa shape index (κ2) is 8.63. The SMILES string of the molecule is O=C(CCn1cnc2cc(-c3noc(-c4cnccn4)n3)ccc21)N1CCCCCC1. The molecule has 0 atom stereocenters. The highest BCUT2D eigenvalue weighted by atomic mass is 16.5. The monoisotopic (exact) mass is 417 g/mol. The Balaban J connectivity index is 1.30. The molecule has 0 aliphatic carbocycles. The lowest BCUT2D eigenvalue weighted by Gasteiger charge is -2.20. The van der Waals surface area contributed by atoms with Gasteiger partial charge >= 0.3 is 0 Å². The predicted octanol–water partition coefficient (Wildman–Crippen LogP) is 3.34. The highest BCUT2D eigenvalue weighted by molar-refractivity contribution is 5.81. The predicted molar refractivity (Wildman–Crippen MR) is 114 cm³/mol. The normalized spacial score (nSPS) is 14.6. The van der Waals surface area contributed by atoms with Crippen molar-refractivity contribution < 1.29 is 9.32 Å². The van der Waals surface area contributed by atoms with Crippen LogP contribution >= 0.6 is 0 Å². The number of hydrogen-bond donors (Lipinski definition) is 0. The Hall–Kier alpha value is -3.62. The lowest BCUT2D eigenvalue weighted by molar-refractivity contribution is -0.131. The van der Waals surface area contributed by atoms with Crippen LogP contribution in [0.1, 0.15) is 32.1 Å². The summed E-state index contributed by atoms with van der Waals surface area (Å²) in [7, 11) is 0. The Morgan fingerprint density at radius 2 is 1.94 bits per heavy atom. The molecule has 1 aliphatic rings. The van der Waals surface area contributed by atoms with E-state index in [0.717, 1.165) is 42.5 Å². The van der Waals surface area contributed by atoms with Crippen LogP contribution < -0.4 is 0 Å². The number of hydrogen-bond acceptors (Lipinski definition) is 7. The fraction of sp³-hybridized carbons (Fsp3) is 0.364. The lowest BCUT2D eigenvalue weighted by Crippen LogP contribution is -2.32. The standard InChI is InChI=1S/C22H23N7O2/c30-20(28-10-3-1-2-4-11-28)7-12-29-15-25-17-13-16(5-6-19(17)29)21-26-22(31-27-21)18-14-23-8-9-24-18/h5-6,8-9,13-15H,1-4,7,10-12H2. The van der Waals surface area contributed by atoms with Gasteiger partial charge in [-0.1, -0.05) is 18.0 Å². The first-order valence-electron chi connectivity index (χ1n) is 10.6. The Labute approximate surface area is 179 Å². The van der Waals surface area contributed by atoms with E-state index in [4.69, 9.17) is 4.52 Å². The zero-order chi connectivity index (χ0) is 21.0. The topological polar surface area (TPSA) is 103 Å². The van der Waals surface area contributed by atoms with Gasteiger partial charge in [0.05, 0.1) is 23.6 Å². The molecule has 0 saturated carbocycles. The van der Waals surface area contributed by atoms with Gasteiger partial charge in [0, 0.05) is 44.0 Å². The van der Waals surface area contributed by atoms with E-state index in [1.165, 1.54) is 12.8 Å². The molecule has 1 amide bonds. The number of likely N-dealkylation sites (tertiary alicyclic amines) is 1. The third-order valence-corrected chi connectivity index (χ3v) is 5.61. The van der Waals surface area contributed by atoms with Crippen molar-refractivity contribution in [1.82, 2.24) is 34.6 Å². The van der Waals surface area contributed by atoms with Crippen molar-refractivity contribution in [2.75, 3.05) is 13.1 Å². The Morgan fingerprint density at radius 1 is 1.06 bits per heavy atom. The average molecular weight is 417 g/mol. The third-order valence-electron chi connectivity index (χ3n) is 5.61. The average Bonchev–Trinajstić information content (AvgIpc) is 3.37. The van der Waals surface area contributed by atoms with Crippen LogP contribution in [0.4, 0.5) is 0 Å². The van der Waals surface area contributed by atoms with Crippen molar-refractivity contribution >= 4 is 16.9 Å². The Bertz CT molecular complexity index is 1180. The van der Waals surface area contributed by atoms with Crippen molar-refractivity contribution in [3.8, 4) is 23.0 Å². The number of aromatic nitrogens is 6. The number of rotatable bonds is 5. The molecule has 1 aromatic carbocycles. The molecule has 158 valence electrons. The van der Waals surface area contributed by atoms with Crippen LogP contribution in [-0.2, 0) is 11.3 Å². The summed E-state index contributed by atoms with van der Waals surface area (Å²) in [5.74, 6) is 1.01. The Morgan fingerprint density at radius 3 is 2.74 bits per heavy atom. The second-order valence-electron chi connectivity index (χ2n) is 7.70. The van der Waals surface area contributed by atoms with E-state index in [1.54, 1.807) is 24.9 Å². The number of nitrogens with zero attached hydrogens (tertiary/aromatic N) is 7. The zero-order valence-corrected chi connectivity index (χ0v) is 17.1. The van der Waals surface area contributed by atoms with Gasteiger partial charge in [-0.15, -0.1) is 0 Å². The van der Waals surface area contributed by atoms with Crippen LogP contribution in [0.3, 0.4) is 0 Å². The molecular formula is C22H23N7O2. The van der Waals surface area contributed by atoms with Crippen molar-refractivity contribution in [1.29, 1.82) is 0 Å². The molecule has 0 spiro atoms. The number of imidazole rings is 1. The van der Waals surface area contributed by atoms with E-state index in [2.05, 4.69) is 25.1 Å². The molecule has 1 aliphatic heterocycles. The Kier molecular flexibility index (Phi) is 5.39. The van der Waals surface area contributed by atoms with Gasteiger partial charge in [0.1, 0.15) is 5.69 Å². The lowest BCUT2D eigenvalue weighted by atomic mass is 10.2. The fourth-order valence-electron chi connectivity index (χ4n) is 3.93. The van der Waals surface area contributed by atoms with Crippen molar-refractivity contribution in [3.05, 3.63) is 43.1 Å². The minimum Gasteiger partial charge on any atom is -0.343 e. The summed E-state index contributed by atoms with van der Waals surface area (Å²) in [5, 5.41) is 4.06. The molecule has 1 fully saturated rings.